The zero-order valence-electron chi connectivity index (χ0n) is 9.46. The topological polar surface area (TPSA) is 55.4 Å². The van der Waals surface area contributed by atoms with Gasteiger partial charge in [-0.2, -0.15) is 0 Å². The van der Waals surface area contributed by atoms with E-state index in [9.17, 15) is 8.42 Å². The van der Waals surface area contributed by atoms with E-state index in [1.807, 2.05) is 27.7 Å². The van der Waals surface area contributed by atoms with Crippen LogP contribution >= 0.6 is 0 Å². The average molecular weight is 223 g/mol. The fraction of sp³-hybridized carbons (Fsp3) is 1.00. The first-order valence-electron chi connectivity index (χ1n) is 4.88. The molecule has 5 heteroatoms. The SMILES string of the molecule is CCCS(=O)(=O)CCNOC(C)(C)C. The molecule has 1 N–H and O–H groups in total. The summed E-state index contributed by atoms with van der Waals surface area (Å²) in [5.74, 6) is 0.390. The molecule has 0 rings (SSSR count). The molecule has 0 radical (unpaired) electrons. The molecule has 0 unspecified atom stereocenters. The van der Waals surface area contributed by atoms with E-state index in [0.717, 1.165) is 0 Å². The van der Waals surface area contributed by atoms with Gasteiger partial charge in [0.05, 0.1) is 11.4 Å². The van der Waals surface area contributed by atoms with Crippen LogP contribution in [0.25, 0.3) is 0 Å². The first kappa shape index (κ1) is 13.9. The van der Waals surface area contributed by atoms with Gasteiger partial charge in [0, 0.05) is 12.3 Å². The van der Waals surface area contributed by atoms with Crippen molar-refractivity contribution in [2.45, 2.75) is 39.7 Å². The highest BCUT2D eigenvalue weighted by atomic mass is 32.2. The normalized spacial score (nSPS) is 13.1. The van der Waals surface area contributed by atoms with E-state index in [0.29, 0.717) is 13.0 Å². The van der Waals surface area contributed by atoms with Crippen LogP contribution in [0.5, 0.6) is 0 Å². The van der Waals surface area contributed by atoms with E-state index in [-0.39, 0.29) is 17.1 Å². The maximum Gasteiger partial charge on any atom is 0.151 e. The molecule has 0 bridgehead atoms. The molecular weight excluding hydrogens is 202 g/mol. The van der Waals surface area contributed by atoms with Crippen LogP contribution in [-0.2, 0) is 14.7 Å². The highest BCUT2D eigenvalue weighted by Gasteiger charge is 2.12. The van der Waals surface area contributed by atoms with Crippen molar-refractivity contribution in [3.8, 4) is 0 Å². The van der Waals surface area contributed by atoms with Crippen molar-refractivity contribution in [3.63, 3.8) is 0 Å². The number of hydroxylamine groups is 1. The lowest BCUT2D eigenvalue weighted by Crippen LogP contribution is -2.32. The third-order valence-corrected chi connectivity index (χ3v) is 3.27. The Balaban J connectivity index is 3.65. The first-order valence-corrected chi connectivity index (χ1v) is 6.70. The van der Waals surface area contributed by atoms with Gasteiger partial charge in [-0.1, -0.05) is 6.92 Å². The first-order chi connectivity index (χ1) is 6.27. The van der Waals surface area contributed by atoms with Crippen LogP contribution in [0.15, 0.2) is 0 Å². The molecule has 0 aromatic rings. The zero-order valence-corrected chi connectivity index (χ0v) is 10.3. The summed E-state index contributed by atoms with van der Waals surface area (Å²) in [4.78, 5) is 5.19. The second kappa shape index (κ2) is 5.68. The lowest BCUT2D eigenvalue weighted by molar-refractivity contribution is -0.0699. The predicted molar refractivity (Wildman–Crippen MR) is 57.8 cm³/mol. The second-order valence-electron chi connectivity index (χ2n) is 4.26. The Bertz CT molecular complexity index is 241. The Labute approximate surface area is 86.9 Å². The molecule has 0 amide bonds. The number of hydrogen-bond acceptors (Lipinski definition) is 4. The highest BCUT2D eigenvalue weighted by Crippen LogP contribution is 2.03. The molecule has 0 spiro atoms. The lowest BCUT2D eigenvalue weighted by atomic mass is 10.2. The van der Waals surface area contributed by atoms with E-state index in [1.165, 1.54) is 0 Å². The monoisotopic (exact) mass is 223 g/mol. The largest absolute Gasteiger partial charge is 0.296 e. The molecule has 0 aliphatic carbocycles. The van der Waals surface area contributed by atoms with E-state index in [2.05, 4.69) is 5.48 Å². The molecule has 14 heavy (non-hydrogen) atoms. The molecule has 0 saturated heterocycles. The summed E-state index contributed by atoms with van der Waals surface area (Å²) in [7, 11) is -2.89. The second-order valence-corrected chi connectivity index (χ2v) is 6.56. The van der Waals surface area contributed by atoms with E-state index in [4.69, 9.17) is 4.84 Å². The van der Waals surface area contributed by atoms with Crippen LogP contribution in [-0.4, -0.2) is 32.1 Å². The summed E-state index contributed by atoms with van der Waals surface area (Å²) < 4.78 is 22.5. The molecule has 0 aromatic carbocycles. The molecule has 0 fully saturated rings. The Morgan fingerprint density at radius 2 is 1.79 bits per heavy atom. The maximum atomic E-state index is 11.3. The summed E-state index contributed by atoms with van der Waals surface area (Å²) in [6.45, 7) is 7.91. The van der Waals surface area contributed by atoms with E-state index >= 15 is 0 Å². The summed E-state index contributed by atoms with van der Waals surface area (Å²) >= 11 is 0. The van der Waals surface area contributed by atoms with Gasteiger partial charge in [0.25, 0.3) is 0 Å². The molecule has 0 heterocycles. The van der Waals surface area contributed by atoms with E-state index < -0.39 is 9.84 Å². The van der Waals surface area contributed by atoms with Gasteiger partial charge in [-0.25, -0.2) is 13.9 Å². The predicted octanol–water partition coefficient (Wildman–Crippen LogP) is 1.13. The lowest BCUT2D eigenvalue weighted by Gasteiger charge is -2.19. The van der Waals surface area contributed by atoms with Gasteiger partial charge >= 0.3 is 0 Å². The van der Waals surface area contributed by atoms with Crippen molar-refractivity contribution in [3.05, 3.63) is 0 Å². The molecule has 4 nitrogen and oxygen atoms in total. The summed E-state index contributed by atoms with van der Waals surface area (Å²) in [5, 5.41) is 0. The van der Waals surface area contributed by atoms with Crippen LogP contribution < -0.4 is 5.48 Å². The summed E-state index contributed by atoms with van der Waals surface area (Å²) in [6, 6.07) is 0. The Kier molecular flexibility index (Phi) is 5.63. The van der Waals surface area contributed by atoms with Crippen LogP contribution in [0.4, 0.5) is 0 Å². The van der Waals surface area contributed by atoms with Gasteiger partial charge in [0.2, 0.25) is 0 Å². The quantitative estimate of drug-likeness (QED) is 0.542. The van der Waals surface area contributed by atoms with Gasteiger partial charge in [-0.05, 0) is 27.2 Å². The Morgan fingerprint density at radius 1 is 1.21 bits per heavy atom. The fourth-order valence-corrected chi connectivity index (χ4v) is 2.10. The third-order valence-electron chi connectivity index (χ3n) is 1.41. The highest BCUT2D eigenvalue weighted by molar-refractivity contribution is 7.91. The van der Waals surface area contributed by atoms with Crippen LogP contribution in [0.3, 0.4) is 0 Å². The fourth-order valence-electron chi connectivity index (χ4n) is 0.878. The van der Waals surface area contributed by atoms with Crippen LogP contribution in [0.2, 0.25) is 0 Å². The number of rotatable bonds is 6. The third kappa shape index (κ3) is 8.47. The van der Waals surface area contributed by atoms with Crippen molar-refractivity contribution in [2.75, 3.05) is 18.1 Å². The maximum absolute atomic E-state index is 11.3. The van der Waals surface area contributed by atoms with Crippen LogP contribution in [0, 0.1) is 0 Å². The van der Waals surface area contributed by atoms with Crippen molar-refractivity contribution in [2.24, 2.45) is 0 Å². The number of nitrogens with one attached hydrogen (secondary N) is 1. The molecule has 0 atom stereocenters. The van der Waals surface area contributed by atoms with Crippen molar-refractivity contribution < 1.29 is 13.3 Å². The van der Waals surface area contributed by atoms with Gasteiger partial charge in [-0.3, -0.25) is 4.84 Å². The summed E-state index contributed by atoms with van der Waals surface area (Å²) in [5.41, 5.74) is 2.38. The van der Waals surface area contributed by atoms with Gasteiger partial charge in [0.1, 0.15) is 0 Å². The van der Waals surface area contributed by atoms with Crippen LogP contribution in [0.1, 0.15) is 34.1 Å². The molecule has 0 aliphatic heterocycles. The minimum absolute atomic E-state index is 0.136. The van der Waals surface area contributed by atoms with Crippen molar-refractivity contribution >= 4 is 9.84 Å². The standard InChI is InChI=1S/C9H21NO3S/c1-5-7-14(11,12)8-6-10-13-9(2,3)4/h10H,5-8H2,1-4H3. The molecule has 0 saturated carbocycles. The van der Waals surface area contributed by atoms with Gasteiger partial charge in [0.15, 0.2) is 9.84 Å². The van der Waals surface area contributed by atoms with Crippen molar-refractivity contribution in [1.82, 2.24) is 5.48 Å². The summed E-state index contributed by atoms with van der Waals surface area (Å²) in [6.07, 6.45) is 0.669. The van der Waals surface area contributed by atoms with E-state index in [1.54, 1.807) is 0 Å². The zero-order chi connectivity index (χ0) is 11.2. The Morgan fingerprint density at radius 3 is 2.21 bits per heavy atom. The minimum atomic E-state index is -2.89. The Hall–Kier alpha value is -0.130. The van der Waals surface area contributed by atoms with Gasteiger partial charge < -0.3 is 0 Å². The number of hydrogen-bond donors (Lipinski definition) is 1. The number of sulfone groups is 1. The molecular formula is C9H21NO3S. The smallest absolute Gasteiger partial charge is 0.151 e. The average Bonchev–Trinajstić information content (AvgIpc) is 1.96. The molecule has 0 aliphatic rings. The minimum Gasteiger partial charge on any atom is -0.296 e. The van der Waals surface area contributed by atoms with Crippen molar-refractivity contribution in [1.29, 1.82) is 0 Å². The molecule has 86 valence electrons. The molecule has 0 aromatic heterocycles. The van der Waals surface area contributed by atoms with Gasteiger partial charge in [-0.15, -0.1) is 0 Å².